The average molecular weight is 231 g/mol. The van der Waals surface area contributed by atoms with Crippen LogP contribution in [0.2, 0.25) is 0 Å². The molecular formula is C14H17NO2. The molecule has 1 aromatic carbocycles. The lowest BCUT2D eigenvalue weighted by atomic mass is 10.0. The fraction of sp³-hybridized carbons (Fsp3) is 0.357. The molecule has 90 valence electrons. The zero-order valence-electron chi connectivity index (χ0n) is 10.0. The Hall–Kier alpha value is -1.77. The minimum absolute atomic E-state index is 0.0336. The number of ether oxygens (including phenoxy) is 1. The van der Waals surface area contributed by atoms with E-state index in [1.54, 1.807) is 0 Å². The van der Waals surface area contributed by atoms with Crippen molar-refractivity contribution >= 4 is 5.97 Å². The molecule has 0 aromatic heterocycles. The summed E-state index contributed by atoms with van der Waals surface area (Å²) in [6.45, 7) is 1.57. The van der Waals surface area contributed by atoms with E-state index in [0.717, 1.165) is 19.5 Å². The molecule has 0 saturated heterocycles. The van der Waals surface area contributed by atoms with E-state index < -0.39 is 0 Å². The summed E-state index contributed by atoms with van der Waals surface area (Å²) in [5, 5.41) is 0. The number of carbonyl (C=O) groups is 1. The summed E-state index contributed by atoms with van der Waals surface area (Å²) in [4.78, 5) is 13.6. The van der Waals surface area contributed by atoms with Gasteiger partial charge in [-0.15, -0.1) is 0 Å². The smallest absolute Gasteiger partial charge is 0.310 e. The molecule has 0 aliphatic carbocycles. The molecule has 3 heteroatoms. The molecule has 0 bridgehead atoms. The number of rotatable bonds is 3. The highest BCUT2D eigenvalue weighted by Crippen LogP contribution is 2.17. The number of nitrogens with zero attached hydrogens (tertiary/aromatic N) is 1. The Morgan fingerprint density at radius 1 is 1.41 bits per heavy atom. The van der Waals surface area contributed by atoms with Gasteiger partial charge in [0.15, 0.2) is 0 Å². The van der Waals surface area contributed by atoms with E-state index in [2.05, 4.69) is 23.2 Å². The van der Waals surface area contributed by atoms with Gasteiger partial charge in [-0.05, 0) is 18.2 Å². The van der Waals surface area contributed by atoms with Gasteiger partial charge >= 0.3 is 5.97 Å². The van der Waals surface area contributed by atoms with Gasteiger partial charge in [0, 0.05) is 13.1 Å². The summed E-state index contributed by atoms with van der Waals surface area (Å²) in [7, 11) is 1.45. The van der Waals surface area contributed by atoms with Crippen LogP contribution in [0.5, 0.6) is 0 Å². The van der Waals surface area contributed by atoms with Crippen LogP contribution in [0.1, 0.15) is 12.0 Å². The van der Waals surface area contributed by atoms with Gasteiger partial charge < -0.3 is 9.64 Å². The van der Waals surface area contributed by atoms with Gasteiger partial charge in [-0.2, -0.15) is 0 Å². The predicted molar refractivity (Wildman–Crippen MR) is 66.1 cm³/mol. The molecule has 0 spiro atoms. The standard InChI is InChI=1S/C14H17NO2/c1-17-14(16)13-8-5-9-15(11-13)10-12-6-3-2-4-7-12/h2-7,9,13H,8,10-11H2,1H3. The van der Waals surface area contributed by atoms with E-state index in [4.69, 9.17) is 4.74 Å². The van der Waals surface area contributed by atoms with Gasteiger partial charge in [-0.25, -0.2) is 0 Å². The molecule has 1 aliphatic rings. The number of esters is 1. The van der Waals surface area contributed by atoms with Crippen molar-refractivity contribution in [3.63, 3.8) is 0 Å². The van der Waals surface area contributed by atoms with Crippen LogP contribution in [0.15, 0.2) is 42.6 Å². The summed E-state index contributed by atoms with van der Waals surface area (Å²) in [6.07, 6.45) is 4.87. The van der Waals surface area contributed by atoms with Crippen molar-refractivity contribution in [1.82, 2.24) is 4.90 Å². The Kier molecular flexibility index (Phi) is 3.81. The van der Waals surface area contributed by atoms with Gasteiger partial charge in [-0.1, -0.05) is 36.4 Å². The van der Waals surface area contributed by atoms with Crippen molar-refractivity contribution in [3.05, 3.63) is 48.2 Å². The largest absolute Gasteiger partial charge is 0.469 e. The molecule has 1 aromatic rings. The topological polar surface area (TPSA) is 29.5 Å². The van der Waals surface area contributed by atoms with Crippen LogP contribution in [0.25, 0.3) is 0 Å². The van der Waals surface area contributed by atoms with Crippen LogP contribution in [0.3, 0.4) is 0 Å². The lowest BCUT2D eigenvalue weighted by Crippen LogP contribution is -2.32. The minimum atomic E-state index is -0.118. The van der Waals surface area contributed by atoms with E-state index in [9.17, 15) is 4.79 Å². The molecule has 0 saturated carbocycles. The summed E-state index contributed by atoms with van der Waals surface area (Å²) in [5.41, 5.74) is 1.25. The minimum Gasteiger partial charge on any atom is -0.469 e. The Labute approximate surface area is 102 Å². The van der Waals surface area contributed by atoms with Crippen molar-refractivity contribution in [2.45, 2.75) is 13.0 Å². The lowest BCUT2D eigenvalue weighted by molar-refractivity contribution is -0.146. The molecule has 17 heavy (non-hydrogen) atoms. The third-order valence-electron chi connectivity index (χ3n) is 2.95. The van der Waals surface area contributed by atoms with Gasteiger partial charge in [-0.3, -0.25) is 4.79 Å². The molecule has 3 nitrogen and oxygen atoms in total. The summed E-state index contributed by atoms with van der Waals surface area (Å²) >= 11 is 0. The summed E-state index contributed by atoms with van der Waals surface area (Å²) in [6, 6.07) is 10.2. The van der Waals surface area contributed by atoms with E-state index in [0.29, 0.717) is 0 Å². The van der Waals surface area contributed by atoms with Crippen molar-refractivity contribution < 1.29 is 9.53 Å². The van der Waals surface area contributed by atoms with E-state index in [1.165, 1.54) is 12.7 Å². The predicted octanol–water partition coefficient (Wildman–Crippen LogP) is 2.20. The molecule has 2 rings (SSSR count). The highest BCUT2D eigenvalue weighted by Gasteiger charge is 2.22. The van der Waals surface area contributed by atoms with Crippen LogP contribution in [0, 0.1) is 5.92 Å². The first-order valence-electron chi connectivity index (χ1n) is 5.82. The Morgan fingerprint density at radius 3 is 2.88 bits per heavy atom. The Morgan fingerprint density at radius 2 is 2.18 bits per heavy atom. The van der Waals surface area contributed by atoms with Crippen LogP contribution in [0.4, 0.5) is 0 Å². The number of hydrogen-bond donors (Lipinski definition) is 0. The van der Waals surface area contributed by atoms with Crippen molar-refractivity contribution in [2.75, 3.05) is 13.7 Å². The zero-order chi connectivity index (χ0) is 12.1. The van der Waals surface area contributed by atoms with Crippen LogP contribution in [-0.2, 0) is 16.1 Å². The first kappa shape index (κ1) is 11.7. The van der Waals surface area contributed by atoms with E-state index in [-0.39, 0.29) is 11.9 Å². The van der Waals surface area contributed by atoms with Gasteiger partial charge in [0.1, 0.15) is 0 Å². The Balaban J connectivity index is 1.97. The molecule has 1 aliphatic heterocycles. The zero-order valence-corrected chi connectivity index (χ0v) is 10.0. The maximum absolute atomic E-state index is 11.5. The SMILES string of the molecule is COC(=O)C1CC=CN(Cc2ccccc2)C1. The third-order valence-corrected chi connectivity index (χ3v) is 2.95. The van der Waals surface area contributed by atoms with Crippen molar-refractivity contribution in [3.8, 4) is 0 Å². The fourth-order valence-corrected chi connectivity index (χ4v) is 2.07. The lowest BCUT2D eigenvalue weighted by Gasteiger charge is -2.28. The fourth-order valence-electron chi connectivity index (χ4n) is 2.07. The van der Waals surface area contributed by atoms with Gasteiger partial charge in [0.05, 0.1) is 13.0 Å². The van der Waals surface area contributed by atoms with E-state index >= 15 is 0 Å². The number of hydrogen-bond acceptors (Lipinski definition) is 3. The van der Waals surface area contributed by atoms with Gasteiger partial charge in [0.25, 0.3) is 0 Å². The van der Waals surface area contributed by atoms with Crippen LogP contribution < -0.4 is 0 Å². The summed E-state index contributed by atoms with van der Waals surface area (Å²) < 4.78 is 4.79. The number of carbonyl (C=O) groups excluding carboxylic acids is 1. The van der Waals surface area contributed by atoms with Gasteiger partial charge in [0.2, 0.25) is 0 Å². The molecule has 1 heterocycles. The maximum Gasteiger partial charge on any atom is 0.310 e. The normalized spacial score (nSPS) is 19.1. The van der Waals surface area contributed by atoms with Crippen molar-refractivity contribution in [1.29, 1.82) is 0 Å². The molecule has 0 fully saturated rings. The number of benzene rings is 1. The molecule has 0 N–H and O–H groups in total. The monoisotopic (exact) mass is 231 g/mol. The second kappa shape index (κ2) is 5.53. The third kappa shape index (κ3) is 3.09. The summed E-state index contributed by atoms with van der Waals surface area (Å²) in [5.74, 6) is -0.152. The highest BCUT2D eigenvalue weighted by molar-refractivity contribution is 5.72. The second-order valence-corrected chi connectivity index (χ2v) is 4.26. The number of methoxy groups -OCH3 is 1. The van der Waals surface area contributed by atoms with Crippen LogP contribution >= 0.6 is 0 Å². The molecule has 0 amide bonds. The van der Waals surface area contributed by atoms with E-state index in [1.807, 2.05) is 24.3 Å². The highest BCUT2D eigenvalue weighted by atomic mass is 16.5. The molecular weight excluding hydrogens is 214 g/mol. The first-order chi connectivity index (χ1) is 8.29. The second-order valence-electron chi connectivity index (χ2n) is 4.26. The molecule has 1 atom stereocenters. The average Bonchev–Trinajstić information content (AvgIpc) is 2.39. The first-order valence-corrected chi connectivity index (χ1v) is 5.82. The Bertz CT molecular complexity index is 400. The molecule has 0 radical (unpaired) electrons. The van der Waals surface area contributed by atoms with Crippen molar-refractivity contribution in [2.24, 2.45) is 5.92 Å². The molecule has 1 unspecified atom stereocenters. The quantitative estimate of drug-likeness (QED) is 0.747. The van der Waals surface area contributed by atoms with Crippen LogP contribution in [-0.4, -0.2) is 24.5 Å². The number of allylic oxidation sites excluding steroid dienone is 1. The maximum atomic E-state index is 11.5.